The lowest BCUT2D eigenvalue weighted by atomic mass is 10.1. The first-order chi connectivity index (χ1) is 12.7. The fourth-order valence-electron chi connectivity index (χ4n) is 2.34. The molecule has 3 rings (SSSR count). The van der Waals surface area contributed by atoms with E-state index in [-0.39, 0.29) is 24.8 Å². The van der Waals surface area contributed by atoms with E-state index in [4.69, 9.17) is 0 Å². The summed E-state index contributed by atoms with van der Waals surface area (Å²) in [5.41, 5.74) is 3.77. The molecule has 1 aromatic carbocycles. The Kier molecular flexibility index (Phi) is 6.14. The summed E-state index contributed by atoms with van der Waals surface area (Å²) in [6.45, 7) is 2.41. The molecule has 2 heterocycles. The van der Waals surface area contributed by atoms with Crippen LogP contribution in [0.3, 0.4) is 0 Å². The molecule has 5 nitrogen and oxygen atoms in total. The predicted molar refractivity (Wildman–Crippen MR) is 107 cm³/mol. The normalized spacial score (nSPS) is 10.5. The molecule has 0 aliphatic rings. The predicted octanol–water partition coefficient (Wildman–Crippen LogP) is 4.19. The minimum absolute atomic E-state index is 0.161. The highest BCUT2D eigenvalue weighted by Gasteiger charge is 2.10. The van der Waals surface area contributed by atoms with Crippen molar-refractivity contribution < 1.29 is 9.59 Å². The molecule has 0 aliphatic heterocycles. The highest BCUT2D eigenvalue weighted by Crippen LogP contribution is 2.25. The van der Waals surface area contributed by atoms with Crippen LogP contribution in [0.5, 0.6) is 0 Å². The molecule has 0 aliphatic carbocycles. The van der Waals surface area contributed by atoms with Crippen LogP contribution in [0.25, 0.3) is 11.3 Å². The van der Waals surface area contributed by atoms with Gasteiger partial charge in [0, 0.05) is 34.9 Å². The Morgan fingerprint density at radius 3 is 2.62 bits per heavy atom. The third-order valence-corrected chi connectivity index (χ3v) is 5.27. The molecule has 2 amide bonds. The molecule has 0 spiro atoms. The van der Waals surface area contributed by atoms with Gasteiger partial charge in [0.1, 0.15) is 0 Å². The molecule has 0 saturated carbocycles. The molecule has 0 fully saturated rings. The van der Waals surface area contributed by atoms with E-state index in [1.165, 1.54) is 28.2 Å². The summed E-state index contributed by atoms with van der Waals surface area (Å²) in [5, 5.41) is 11.6. The number of carbonyl (C=O) groups excluding carboxylic acids is 2. The Morgan fingerprint density at radius 2 is 1.92 bits per heavy atom. The van der Waals surface area contributed by atoms with Crippen LogP contribution in [0.1, 0.15) is 29.3 Å². The van der Waals surface area contributed by atoms with Crippen LogP contribution in [0.15, 0.2) is 46.5 Å². The first-order valence-electron chi connectivity index (χ1n) is 8.31. The number of nitrogens with zero attached hydrogens (tertiary/aromatic N) is 1. The monoisotopic (exact) mass is 385 g/mol. The molecule has 2 N–H and O–H groups in total. The Balaban J connectivity index is 1.48. The van der Waals surface area contributed by atoms with E-state index in [1.807, 2.05) is 22.9 Å². The topological polar surface area (TPSA) is 71.1 Å². The van der Waals surface area contributed by atoms with E-state index < -0.39 is 0 Å². The van der Waals surface area contributed by atoms with Gasteiger partial charge < -0.3 is 10.6 Å². The number of hydrogen-bond donors (Lipinski definition) is 2. The maximum absolute atomic E-state index is 12.0. The molecular formula is C19H19N3O2S2. The minimum Gasteiger partial charge on any atom is -0.351 e. The van der Waals surface area contributed by atoms with Crippen molar-refractivity contribution >= 4 is 39.6 Å². The van der Waals surface area contributed by atoms with Crippen molar-refractivity contribution in [3.05, 3.63) is 57.6 Å². The minimum atomic E-state index is -0.169. The van der Waals surface area contributed by atoms with Crippen LogP contribution in [-0.2, 0) is 11.2 Å². The van der Waals surface area contributed by atoms with Crippen LogP contribution in [0.4, 0.5) is 5.13 Å². The van der Waals surface area contributed by atoms with Crippen LogP contribution in [0.2, 0.25) is 0 Å². The average Bonchev–Trinajstić information content (AvgIpc) is 3.34. The van der Waals surface area contributed by atoms with Crippen LogP contribution in [0, 0.1) is 0 Å². The molecule has 134 valence electrons. The van der Waals surface area contributed by atoms with Gasteiger partial charge in [-0.3, -0.25) is 9.59 Å². The zero-order valence-electron chi connectivity index (χ0n) is 14.3. The zero-order valence-corrected chi connectivity index (χ0v) is 16.0. The third-order valence-electron chi connectivity index (χ3n) is 3.83. The zero-order chi connectivity index (χ0) is 18.4. The molecule has 7 heteroatoms. The molecule has 0 bridgehead atoms. The maximum atomic E-state index is 12.0. The summed E-state index contributed by atoms with van der Waals surface area (Å²) in [7, 11) is 0. The third kappa shape index (κ3) is 4.77. The van der Waals surface area contributed by atoms with Gasteiger partial charge in [0.25, 0.3) is 5.91 Å². The first kappa shape index (κ1) is 18.3. The van der Waals surface area contributed by atoms with Crippen molar-refractivity contribution in [1.29, 1.82) is 0 Å². The summed E-state index contributed by atoms with van der Waals surface area (Å²) in [6.07, 6.45) is 1.21. The van der Waals surface area contributed by atoms with E-state index in [2.05, 4.69) is 34.7 Å². The van der Waals surface area contributed by atoms with Crippen molar-refractivity contribution in [3.63, 3.8) is 0 Å². The number of nitrogens with one attached hydrogen (secondary N) is 2. The highest BCUT2D eigenvalue weighted by molar-refractivity contribution is 7.14. The van der Waals surface area contributed by atoms with Gasteiger partial charge in [-0.05, 0) is 23.4 Å². The van der Waals surface area contributed by atoms with Crippen molar-refractivity contribution in [2.24, 2.45) is 0 Å². The van der Waals surface area contributed by atoms with E-state index in [0.29, 0.717) is 10.7 Å². The number of thiophene rings is 1. The Bertz CT molecular complexity index is 871. The molecule has 0 unspecified atom stereocenters. The highest BCUT2D eigenvalue weighted by atomic mass is 32.1. The van der Waals surface area contributed by atoms with Gasteiger partial charge in [-0.25, -0.2) is 4.98 Å². The quantitative estimate of drug-likeness (QED) is 0.640. The Labute approximate surface area is 160 Å². The number of rotatable bonds is 7. The molecule has 0 radical (unpaired) electrons. The lowest BCUT2D eigenvalue weighted by Crippen LogP contribution is -2.27. The molecular weight excluding hydrogens is 366 g/mol. The summed E-state index contributed by atoms with van der Waals surface area (Å²) < 4.78 is 0. The van der Waals surface area contributed by atoms with E-state index in [9.17, 15) is 9.59 Å². The number of carbonyl (C=O) groups is 2. The number of thiazole rings is 1. The van der Waals surface area contributed by atoms with Crippen LogP contribution < -0.4 is 10.6 Å². The summed E-state index contributed by atoms with van der Waals surface area (Å²) in [4.78, 5) is 28.3. The lowest BCUT2D eigenvalue weighted by molar-refractivity contribution is -0.116. The van der Waals surface area contributed by atoms with Crippen molar-refractivity contribution in [2.45, 2.75) is 19.8 Å². The Morgan fingerprint density at radius 1 is 1.12 bits per heavy atom. The largest absolute Gasteiger partial charge is 0.351 e. The number of benzene rings is 1. The van der Waals surface area contributed by atoms with Gasteiger partial charge in [0.2, 0.25) is 5.91 Å². The second-order valence-corrected chi connectivity index (χ2v) is 7.29. The summed E-state index contributed by atoms with van der Waals surface area (Å²) >= 11 is 2.86. The number of aryl methyl sites for hydroxylation is 1. The number of amides is 2. The van der Waals surface area contributed by atoms with Crippen molar-refractivity contribution in [1.82, 2.24) is 10.3 Å². The lowest BCUT2D eigenvalue weighted by Gasteiger charge is -2.04. The number of hydrogen-bond acceptors (Lipinski definition) is 5. The van der Waals surface area contributed by atoms with Crippen molar-refractivity contribution in [2.75, 3.05) is 11.9 Å². The van der Waals surface area contributed by atoms with Gasteiger partial charge in [-0.15, -0.1) is 11.3 Å². The SMILES string of the molecule is CCc1ccc(-c2csc(NC(=O)CCNC(=O)c3ccsc3)n2)cc1. The molecule has 0 saturated heterocycles. The molecule has 3 aromatic rings. The van der Waals surface area contributed by atoms with Crippen molar-refractivity contribution in [3.8, 4) is 11.3 Å². The van der Waals surface area contributed by atoms with Crippen LogP contribution in [-0.4, -0.2) is 23.3 Å². The second kappa shape index (κ2) is 8.73. The van der Waals surface area contributed by atoms with Crippen LogP contribution >= 0.6 is 22.7 Å². The Hall–Kier alpha value is -2.51. The van der Waals surface area contributed by atoms with Gasteiger partial charge >= 0.3 is 0 Å². The second-order valence-electron chi connectivity index (χ2n) is 5.65. The smallest absolute Gasteiger partial charge is 0.252 e. The maximum Gasteiger partial charge on any atom is 0.252 e. The van der Waals surface area contributed by atoms with Gasteiger partial charge in [0.05, 0.1) is 5.69 Å². The van der Waals surface area contributed by atoms with E-state index in [1.54, 1.807) is 11.4 Å². The van der Waals surface area contributed by atoms with E-state index >= 15 is 0 Å². The fourth-order valence-corrected chi connectivity index (χ4v) is 3.71. The fraction of sp³-hybridized carbons (Fsp3) is 0.211. The molecule has 26 heavy (non-hydrogen) atoms. The first-order valence-corrected chi connectivity index (χ1v) is 10.1. The standard InChI is InChI=1S/C19H19N3O2S2/c1-2-13-3-5-14(6-4-13)16-12-26-19(21-16)22-17(23)7-9-20-18(24)15-8-10-25-11-15/h3-6,8,10-12H,2,7,9H2,1H3,(H,20,24)(H,21,22,23). The average molecular weight is 386 g/mol. The summed E-state index contributed by atoms with van der Waals surface area (Å²) in [6, 6.07) is 10.0. The molecule has 0 atom stereocenters. The summed E-state index contributed by atoms with van der Waals surface area (Å²) in [5.74, 6) is -0.330. The van der Waals surface area contributed by atoms with Gasteiger partial charge in [-0.1, -0.05) is 31.2 Å². The van der Waals surface area contributed by atoms with Gasteiger partial charge in [-0.2, -0.15) is 11.3 Å². The van der Waals surface area contributed by atoms with E-state index in [0.717, 1.165) is 17.7 Å². The molecule has 2 aromatic heterocycles. The number of anilines is 1. The van der Waals surface area contributed by atoms with Gasteiger partial charge in [0.15, 0.2) is 5.13 Å². The number of aromatic nitrogens is 1.